The van der Waals surface area contributed by atoms with E-state index in [9.17, 15) is 14.7 Å². The third-order valence-electron chi connectivity index (χ3n) is 2.28. The summed E-state index contributed by atoms with van der Waals surface area (Å²) in [5.41, 5.74) is -1.22. The van der Waals surface area contributed by atoms with Crippen LogP contribution in [-0.2, 0) is 15.1 Å². The molecule has 16 heavy (non-hydrogen) atoms. The third kappa shape index (κ3) is 2.31. The van der Waals surface area contributed by atoms with Crippen molar-refractivity contribution in [3.05, 3.63) is 29.8 Å². The van der Waals surface area contributed by atoms with Gasteiger partial charge >= 0.3 is 5.97 Å². The molecule has 1 aromatic rings. The van der Waals surface area contributed by atoms with Gasteiger partial charge in [-0.2, -0.15) is 0 Å². The standard InChI is InChI=1S/C11H13NO4/c1-7(13)12-11(2,10(15)16)8-4-3-5-9(14)6-8/h3-6,14H,1-2H3,(H,12,13)(H,15,16). The Bertz CT molecular complexity index is 430. The van der Waals surface area contributed by atoms with Gasteiger partial charge in [-0.1, -0.05) is 12.1 Å². The topological polar surface area (TPSA) is 86.6 Å². The van der Waals surface area contributed by atoms with Crippen molar-refractivity contribution in [2.45, 2.75) is 19.4 Å². The van der Waals surface area contributed by atoms with E-state index in [2.05, 4.69) is 5.32 Å². The Labute approximate surface area is 92.7 Å². The lowest BCUT2D eigenvalue weighted by atomic mass is 9.92. The molecule has 1 rings (SSSR count). The van der Waals surface area contributed by atoms with E-state index in [1.807, 2.05) is 0 Å². The van der Waals surface area contributed by atoms with Crippen LogP contribution in [0.1, 0.15) is 19.4 Å². The van der Waals surface area contributed by atoms with E-state index >= 15 is 0 Å². The average Bonchev–Trinajstić information content (AvgIpc) is 2.16. The molecule has 0 spiro atoms. The van der Waals surface area contributed by atoms with Crippen LogP contribution in [0.4, 0.5) is 0 Å². The number of hydrogen-bond donors (Lipinski definition) is 3. The lowest BCUT2D eigenvalue weighted by Crippen LogP contribution is -2.48. The third-order valence-corrected chi connectivity index (χ3v) is 2.28. The summed E-state index contributed by atoms with van der Waals surface area (Å²) in [6.45, 7) is 2.61. The Morgan fingerprint density at radius 3 is 2.44 bits per heavy atom. The molecule has 0 aliphatic rings. The molecule has 5 nitrogen and oxygen atoms in total. The number of carbonyl (C=O) groups excluding carboxylic acids is 1. The van der Waals surface area contributed by atoms with Crippen LogP contribution in [0.15, 0.2) is 24.3 Å². The van der Waals surface area contributed by atoms with Crippen LogP contribution < -0.4 is 5.32 Å². The van der Waals surface area contributed by atoms with E-state index < -0.39 is 17.4 Å². The molecule has 5 heteroatoms. The molecule has 0 aliphatic heterocycles. The zero-order chi connectivity index (χ0) is 12.3. The average molecular weight is 223 g/mol. The monoisotopic (exact) mass is 223 g/mol. The summed E-state index contributed by atoms with van der Waals surface area (Å²) in [5.74, 6) is -1.68. The number of aromatic hydroxyl groups is 1. The first-order valence-corrected chi connectivity index (χ1v) is 4.68. The summed E-state index contributed by atoms with van der Waals surface area (Å²) < 4.78 is 0. The molecule has 3 N–H and O–H groups in total. The van der Waals surface area contributed by atoms with Crippen LogP contribution >= 0.6 is 0 Å². The SMILES string of the molecule is CC(=O)NC(C)(C(=O)O)c1cccc(O)c1. The molecular weight excluding hydrogens is 210 g/mol. The lowest BCUT2D eigenvalue weighted by Gasteiger charge is -2.26. The highest BCUT2D eigenvalue weighted by Gasteiger charge is 2.36. The predicted octanol–water partition coefficient (Wildman–Crippen LogP) is 0.828. The van der Waals surface area contributed by atoms with E-state index in [0.717, 1.165) is 0 Å². The largest absolute Gasteiger partial charge is 0.508 e. The zero-order valence-electron chi connectivity index (χ0n) is 9.02. The van der Waals surface area contributed by atoms with Gasteiger partial charge in [-0.3, -0.25) is 4.79 Å². The van der Waals surface area contributed by atoms with Crippen LogP contribution in [0.2, 0.25) is 0 Å². The highest BCUT2D eigenvalue weighted by atomic mass is 16.4. The minimum Gasteiger partial charge on any atom is -0.508 e. The fraction of sp³-hybridized carbons (Fsp3) is 0.273. The van der Waals surface area contributed by atoms with Crippen molar-refractivity contribution < 1.29 is 19.8 Å². The van der Waals surface area contributed by atoms with E-state index in [1.54, 1.807) is 0 Å². The van der Waals surface area contributed by atoms with Crippen LogP contribution in [0.5, 0.6) is 5.75 Å². The quantitative estimate of drug-likeness (QED) is 0.708. The van der Waals surface area contributed by atoms with E-state index in [4.69, 9.17) is 5.11 Å². The Kier molecular flexibility index (Phi) is 3.17. The van der Waals surface area contributed by atoms with Crippen LogP contribution in [0, 0.1) is 0 Å². The molecule has 0 heterocycles. The summed E-state index contributed by atoms with van der Waals surface area (Å²) >= 11 is 0. The van der Waals surface area contributed by atoms with Gasteiger partial charge in [0, 0.05) is 6.92 Å². The molecule has 0 radical (unpaired) electrons. The smallest absolute Gasteiger partial charge is 0.333 e. The second-order valence-electron chi connectivity index (χ2n) is 3.66. The van der Waals surface area contributed by atoms with Gasteiger partial charge in [0.25, 0.3) is 0 Å². The van der Waals surface area contributed by atoms with Gasteiger partial charge < -0.3 is 15.5 Å². The number of carboxylic acids is 1. The lowest BCUT2D eigenvalue weighted by molar-refractivity contribution is -0.147. The second-order valence-corrected chi connectivity index (χ2v) is 3.66. The molecule has 1 amide bonds. The molecule has 0 aromatic heterocycles. The van der Waals surface area contributed by atoms with Gasteiger partial charge in [0.1, 0.15) is 5.75 Å². The number of hydrogen-bond acceptors (Lipinski definition) is 3. The zero-order valence-corrected chi connectivity index (χ0v) is 9.02. The maximum atomic E-state index is 11.2. The maximum absolute atomic E-state index is 11.2. The minimum atomic E-state index is -1.54. The van der Waals surface area contributed by atoms with Crippen molar-refractivity contribution >= 4 is 11.9 Å². The number of phenolic OH excluding ortho intramolecular Hbond substituents is 1. The molecule has 1 unspecified atom stereocenters. The summed E-state index contributed by atoms with van der Waals surface area (Å²) in [7, 11) is 0. The first-order valence-electron chi connectivity index (χ1n) is 4.68. The molecule has 0 saturated carbocycles. The van der Waals surface area contributed by atoms with Crippen LogP contribution in [0.3, 0.4) is 0 Å². The van der Waals surface area contributed by atoms with E-state index in [0.29, 0.717) is 5.56 Å². The Morgan fingerprint density at radius 2 is 2.00 bits per heavy atom. The predicted molar refractivity (Wildman–Crippen MR) is 56.9 cm³/mol. The Balaban J connectivity index is 3.21. The maximum Gasteiger partial charge on any atom is 0.333 e. The van der Waals surface area contributed by atoms with Gasteiger partial charge in [-0.15, -0.1) is 0 Å². The fourth-order valence-corrected chi connectivity index (χ4v) is 1.42. The fourth-order valence-electron chi connectivity index (χ4n) is 1.42. The van der Waals surface area contributed by atoms with E-state index in [-0.39, 0.29) is 5.75 Å². The molecule has 0 saturated heterocycles. The summed E-state index contributed by atoms with van der Waals surface area (Å²) in [6.07, 6.45) is 0. The molecule has 86 valence electrons. The number of phenols is 1. The Morgan fingerprint density at radius 1 is 1.38 bits per heavy atom. The van der Waals surface area contributed by atoms with Crippen molar-refractivity contribution in [1.29, 1.82) is 0 Å². The van der Waals surface area contributed by atoms with Gasteiger partial charge in [-0.25, -0.2) is 4.79 Å². The molecular formula is C11H13NO4. The van der Waals surface area contributed by atoms with Gasteiger partial charge in [0.15, 0.2) is 5.54 Å². The van der Waals surface area contributed by atoms with Gasteiger partial charge in [0.2, 0.25) is 5.91 Å². The number of nitrogens with one attached hydrogen (secondary N) is 1. The highest BCUT2D eigenvalue weighted by molar-refractivity contribution is 5.86. The summed E-state index contributed by atoms with van der Waals surface area (Å²) in [4.78, 5) is 22.2. The number of aliphatic carboxylic acids is 1. The van der Waals surface area contributed by atoms with Crippen LogP contribution in [0.25, 0.3) is 0 Å². The van der Waals surface area contributed by atoms with E-state index in [1.165, 1.54) is 38.1 Å². The first-order chi connectivity index (χ1) is 7.36. The number of carbonyl (C=O) groups is 2. The first kappa shape index (κ1) is 12.0. The van der Waals surface area contributed by atoms with Crippen molar-refractivity contribution in [3.8, 4) is 5.75 Å². The molecule has 1 atom stereocenters. The number of benzene rings is 1. The number of amides is 1. The highest BCUT2D eigenvalue weighted by Crippen LogP contribution is 2.24. The summed E-state index contributed by atoms with van der Waals surface area (Å²) in [6, 6.07) is 5.79. The van der Waals surface area contributed by atoms with Crippen molar-refractivity contribution in [2.24, 2.45) is 0 Å². The van der Waals surface area contributed by atoms with Crippen LogP contribution in [-0.4, -0.2) is 22.1 Å². The second kappa shape index (κ2) is 4.22. The Hall–Kier alpha value is -2.04. The van der Waals surface area contributed by atoms with Crippen molar-refractivity contribution in [1.82, 2.24) is 5.32 Å². The number of rotatable bonds is 3. The molecule has 0 aliphatic carbocycles. The van der Waals surface area contributed by atoms with Crippen molar-refractivity contribution in [3.63, 3.8) is 0 Å². The normalized spacial score (nSPS) is 13.9. The minimum absolute atomic E-state index is 0.0460. The molecule has 0 bridgehead atoms. The van der Waals surface area contributed by atoms with Gasteiger partial charge in [0.05, 0.1) is 0 Å². The summed E-state index contributed by atoms with van der Waals surface area (Å²) in [5, 5.41) is 20.8. The van der Waals surface area contributed by atoms with Crippen molar-refractivity contribution in [2.75, 3.05) is 0 Å². The molecule has 0 fully saturated rings. The van der Waals surface area contributed by atoms with Gasteiger partial charge in [-0.05, 0) is 24.6 Å². The molecule has 1 aromatic carbocycles. The number of carboxylic acid groups (broad SMARTS) is 1.